The van der Waals surface area contributed by atoms with Crippen LogP contribution in [0.4, 0.5) is 4.39 Å². The molecule has 2 aromatic rings. The number of aryl methyl sites for hydroxylation is 2. The number of carbonyl (C=O) groups is 1. The second kappa shape index (κ2) is 6.82. The van der Waals surface area contributed by atoms with Crippen LogP contribution in [0.2, 0.25) is 0 Å². The van der Waals surface area contributed by atoms with Crippen LogP contribution >= 0.6 is 12.2 Å². The maximum absolute atomic E-state index is 13.5. The van der Waals surface area contributed by atoms with Gasteiger partial charge in [-0.05, 0) is 36.8 Å². The summed E-state index contributed by atoms with van der Waals surface area (Å²) in [7, 11) is 1.58. The summed E-state index contributed by atoms with van der Waals surface area (Å²) >= 11 is 5.23. The van der Waals surface area contributed by atoms with Crippen LogP contribution in [-0.4, -0.2) is 35.7 Å². The van der Waals surface area contributed by atoms with Gasteiger partial charge in [0.25, 0.3) is 0 Å². The highest BCUT2D eigenvalue weighted by Crippen LogP contribution is 2.19. The first kappa shape index (κ1) is 15.7. The average molecular weight is 311 g/mol. The molecule has 0 aliphatic rings. The molecule has 0 saturated carbocycles. The molecule has 1 aromatic carbocycles. The lowest BCUT2D eigenvalue weighted by Gasteiger charge is -2.07. The second-order valence-corrected chi connectivity index (χ2v) is 5.18. The lowest BCUT2D eigenvalue weighted by atomic mass is 10.2. The van der Waals surface area contributed by atoms with Crippen molar-refractivity contribution in [1.29, 1.82) is 0 Å². The van der Waals surface area contributed by atoms with E-state index in [0.29, 0.717) is 42.0 Å². The molecule has 5 nitrogen and oxygen atoms in total. The highest BCUT2D eigenvalue weighted by molar-refractivity contribution is 7.71. The fourth-order valence-corrected chi connectivity index (χ4v) is 2.40. The number of aromatic nitrogens is 2. The van der Waals surface area contributed by atoms with Crippen molar-refractivity contribution in [3.63, 3.8) is 0 Å². The monoisotopic (exact) mass is 311 g/mol. The van der Waals surface area contributed by atoms with Crippen LogP contribution < -0.4 is 5.32 Å². The van der Waals surface area contributed by atoms with Crippen LogP contribution in [0.3, 0.4) is 0 Å². The van der Waals surface area contributed by atoms with Crippen LogP contribution in [0.25, 0.3) is 11.0 Å². The van der Waals surface area contributed by atoms with Crippen LogP contribution in [0, 0.1) is 17.5 Å². The highest BCUT2D eigenvalue weighted by atomic mass is 32.1. The van der Waals surface area contributed by atoms with Gasteiger partial charge in [0, 0.05) is 26.6 Å². The Labute approximate surface area is 127 Å². The number of carbonyl (C=O) groups excluding carboxylic acids is 1. The van der Waals surface area contributed by atoms with E-state index in [1.165, 1.54) is 6.07 Å². The van der Waals surface area contributed by atoms with Crippen molar-refractivity contribution in [2.45, 2.75) is 19.9 Å². The molecule has 0 spiro atoms. The Kier molecular flexibility index (Phi) is 5.08. The zero-order valence-corrected chi connectivity index (χ0v) is 12.8. The van der Waals surface area contributed by atoms with Crippen molar-refractivity contribution in [3.8, 4) is 0 Å². The Morgan fingerprint density at radius 2 is 2.29 bits per heavy atom. The number of nitrogens with one attached hydrogen (secondary N) is 2. The first-order valence-corrected chi connectivity index (χ1v) is 7.08. The minimum Gasteiger partial charge on any atom is -0.383 e. The van der Waals surface area contributed by atoms with Crippen molar-refractivity contribution in [2.75, 3.05) is 20.3 Å². The van der Waals surface area contributed by atoms with Crippen LogP contribution in [0.5, 0.6) is 0 Å². The Morgan fingerprint density at radius 1 is 1.52 bits per heavy atom. The van der Waals surface area contributed by atoms with Gasteiger partial charge in [-0.1, -0.05) is 0 Å². The number of aromatic amines is 1. The molecule has 0 aliphatic carbocycles. The van der Waals surface area contributed by atoms with Crippen molar-refractivity contribution in [1.82, 2.24) is 14.9 Å². The second-order valence-electron chi connectivity index (χ2n) is 4.79. The summed E-state index contributed by atoms with van der Waals surface area (Å²) in [5, 5.41) is 2.75. The SMILES string of the molecule is COCCNC(=O)CCn1c(=S)[nH]c2cc(F)c(C)cc21. The summed E-state index contributed by atoms with van der Waals surface area (Å²) in [4.78, 5) is 14.7. The average Bonchev–Trinajstić information content (AvgIpc) is 2.72. The van der Waals surface area contributed by atoms with Crippen molar-refractivity contribution >= 4 is 29.2 Å². The number of rotatable bonds is 6. The molecule has 0 aliphatic heterocycles. The quantitative estimate of drug-likeness (QED) is 0.636. The van der Waals surface area contributed by atoms with Gasteiger partial charge < -0.3 is 19.6 Å². The molecule has 0 fully saturated rings. The minimum atomic E-state index is -0.275. The molecule has 0 atom stereocenters. The molecule has 1 amide bonds. The number of ether oxygens (including phenoxy) is 1. The summed E-state index contributed by atoms with van der Waals surface area (Å²) in [6.45, 7) is 3.12. The first-order chi connectivity index (χ1) is 10.0. The van der Waals surface area contributed by atoms with Crippen LogP contribution in [0.15, 0.2) is 12.1 Å². The van der Waals surface area contributed by atoms with E-state index in [1.54, 1.807) is 20.1 Å². The molecular weight excluding hydrogens is 293 g/mol. The van der Waals surface area contributed by atoms with Gasteiger partial charge in [-0.2, -0.15) is 0 Å². The van der Waals surface area contributed by atoms with E-state index >= 15 is 0 Å². The van der Waals surface area contributed by atoms with Gasteiger partial charge >= 0.3 is 0 Å². The van der Waals surface area contributed by atoms with E-state index in [-0.39, 0.29) is 11.7 Å². The summed E-state index contributed by atoms with van der Waals surface area (Å²) in [5.41, 5.74) is 2.00. The molecule has 1 aromatic heterocycles. The molecule has 2 N–H and O–H groups in total. The van der Waals surface area contributed by atoms with E-state index in [9.17, 15) is 9.18 Å². The Balaban J connectivity index is 2.12. The normalized spacial score (nSPS) is 11.0. The topological polar surface area (TPSA) is 59.0 Å². The largest absolute Gasteiger partial charge is 0.383 e. The van der Waals surface area contributed by atoms with E-state index < -0.39 is 0 Å². The molecule has 21 heavy (non-hydrogen) atoms. The van der Waals surface area contributed by atoms with E-state index in [4.69, 9.17) is 17.0 Å². The minimum absolute atomic E-state index is 0.0675. The van der Waals surface area contributed by atoms with Crippen molar-refractivity contribution in [3.05, 3.63) is 28.3 Å². The summed E-state index contributed by atoms with van der Waals surface area (Å²) in [5.74, 6) is -0.342. The molecule has 1 heterocycles. The molecule has 114 valence electrons. The molecular formula is C14H18FN3O2S. The summed E-state index contributed by atoms with van der Waals surface area (Å²) in [6.07, 6.45) is 0.307. The Morgan fingerprint density at radius 3 is 3.00 bits per heavy atom. The smallest absolute Gasteiger partial charge is 0.221 e. The van der Waals surface area contributed by atoms with Gasteiger partial charge in [-0.15, -0.1) is 0 Å². The Hall–Kier alpha value is -1.73. The maximum atomic E-state index is 13.5. The van der Waals surface area contributed by atoms with Crippen LogP contribution in [0.1, 0.15) is 12.0 Å². The number of H-pyrrole nitrogens is 1. The summed E-state index contributed by atoms with van der Waals surface area (Å²) < 4.78 is 20.7. The number of fused-ring (bicyclic) bond motifs is 1. The van der Waals surface area contributed by atoms with E-state index in [2.05, 4.69) is 10.3 Å². The van der Waals surface area contributed by atoms with E-state index in [0.717, 1.165) is 5.52 Å². The number of hydrogen-bond acceptors (Lipinski definition) is 3. The lowest BCUT2D eigenvalue weighted by Crippen LogP contribution is -2.27. The van der Waals surface area contributed by atoms with Gasteiger partial charge in [-0.3, -0.25) is 4.79 Å². The zero-order valence-electron chi connectivity index (χ0n) is 12.0. The van der Waals surface area contributed by atoms with Crippen molar-refractivity contribution in [2.24, 2.45) is 0 Å². The number of methoxy groups -OCH3 is 1. The fourth-order valence-electron chi connectivity index (χ4n) is 2.10. The van der Waals surface area contributed by atoms with E-state index in [1.807, 2.05) is 4.57 Å². The van der Waals surface area contributed by atoms with Crippen LogP contribution in [-0.2, 0) is 16.1 Å². The predicted octanol–water partition coefficient (Wildman–Crippen LogP) is 2.30. The predicted molar refractivity (Wildman–Crippen MR) is 81.3 cm³/mol. The number of imidazole rings is 1. The number of benzene rings is 1. The third-order valence-corrected chi connectivity index (χ3v) is 3.57. The molecule has 2 rings (SSSR count). The standard InChI is InChI=1S/C14H18FN3O2S/c1-9-7-12-11(8-10(9)15)17-14(21)18(12)5-3-13(19)16-4-6-20-2/h7-8H,3-6H2,1-2H3,(H,16,19)(H,17,21). The highest BCUT2D eigenvalue weighted by Gasteiger charge is 2.09. The molecule has 0 saturated heterocycles. The number of amides is 1. The van der Waals surface area contributed by atoms with Gasteiger partial charge in [0.15, 0.2) is 4.77 Å². The number of halogens is 1. The van der Waals surface area contributed by atoms with Crippen molar-refractivity contribution < 1.29 is 13.9 Å². The molecule has 0 unspecified atom stereocenters. The van der Waals surface area contributed by atoms with Gasteiger partial charge in [0.2, 0.25) is 5.91 Å². The molecule has 0 radical (unpaired) electrons. The van der Waals surface area contributed by atoms with Gasteiger partial charge in [-0.25, -0.2) is 4.39 Å². The number of nitrogens with zero attached hydrogens (tertiary/aromatic N) is 1. The van der Waals surface area contributed by atoms with Gasteiger partial charge in [0.1, 0.15) is 5.82 Å². The van der Waals surface area contributed by atoms with Gasteiger partial charge in [0.05, 0.1) is 17.6 Å². The Bertz CT molecular complexity index is 708. The first-order valence-electron chi connectivity index (χ1n) is 6.67. The molecule has 7 heteroatoms. The zero-order chi connectivity index (χ0) is 15.4. The summed E-state index contributed by atoms with van der Waals surface area (Å²) in [6, 6.07) is 3.16. The maximum Gasteiger partial charge on any atom is 0.221 e. The number of hydrogen-bond donors (Lipinski definition) is 2. The lowest BCUT2D eigenvalue weighted by molar-refractivity contribution is -0.121. The third kappa shape index (κ3) is 3.68. The third-order valence-electron chi connectivity index (χ3n) is 3.25. The molecule has 0 bridgehead atoms. The fraction of sp³-hybridized carbons (Fsp3) is 0.429.